The molecule has 0 spiro atoms. The first kappa shape index (κ1) is 14.8. The fourth-order valence-electron chi connectivity index (χ4n) is 2.94. The second-order valence-electron chi connectivity index (χ2n) is 6.17. The lowest BCUT2D eigenvalue weighted by Crippen LogP contribution is -2.59. The molecule has 5 nitrogen and oxygen atoms in total. The van der Waals surface area contributed by atoms with Crippen LogP contribution in [0.1, 0.15) is 51.9 Å². The molecule has 0 radical (unpaired) electrons. The Hall–Kier alpha value is -0.620. The van der Waals surface area contributed by atoms with Crippen LogP contribution in [-0.4, -0.2) is 25.5 Å². The number of nitrogens with two attached hydrogens (primary N) is 1. The standard InChI is InChI=1S/C13H25N3O2S/c1-2-10-5-7-13(8-6-10,12(14)15)16-19(17,18)9-11-3-4-11/h10-11,16H,2-9H2,1H3,(H3,14,15). The van der Waals surface area contributed by atoms with Crippen molar-refractivity contribution in [2.75, 3.05) is 5.75 Å². The third-order valence-electron chi connectivity index (χ3n) is 4.55. The fraction of sp³-hybridized carbons (Fsp3) is 0.923. The smallest absolute Gasteiger partial charge is 0.212 e. The highest BCUT2D eigenvalue weighted by Gasteiger charge is 2.42. The molecule has 4 N–H and O–H groups in total. The van der Waals surface area contributed by atoms with Gasteiger partial charge in [-0.15, -0.1) is 0 Å². The number of sulfonamides is 1. The fourth-order valence-corrected chi connectivity index (χ4v) is 4.89. The summed E-state index contributed by atoms with van der Waals surface area (Å²) in [6, 6.07) is 0. The Morgan fingerprint density at radius 1 is 1.26 bits per heavy atom. The van der Waals surface area contributed by atoms with E-state index < -0.39 is 15.6 Å². The minimum Gasteiger partial charge on any atom is -0.386 e. The maximum absolute atomic E-state index is 12.1. The molecular weight excluding hydrogens is 262 g/mol. The number of hydrogen-bond donors (Lipinski definition) is 3. The molecule has 0 aromatic carbocycles. The number of rotatable bonds is 6. The van der Waals surface area contributed by atoms with E-state index >= 15 is 0 Å². The Bertz CT molecular complexity index is 435. The van der Waals surface area contributed by atoms with Gasteiger partial charge in [0, 0.05) is 0 Å². The van der Waals surface area contributed by atoms with Crippen LogP contribution in [0.25, 0.3) is 0 Å². The Morgan fingerprint density at radius 3 is 2.26 bits per heavy atom. The van der Waals surface area contributed by atoms with Crippen LogP contribution in [-0.2, 0) is 10.0 Å². The molecule has 0 aromatic heterocycles. The van der Waals surface area contributed by atoms with Crippen molar-refractivity contribution >= 4 is 15.9 Å². The third kappa shape index (κ3) is 3.69. The van der Waals surface area contributed by atoms with Crippen LogP contribution in [0.3, 0.4) is 0 Å². The molecule has 19 heavy (non-hydrogen) atoms. The van der Waals surface area contributed by atoms with E-state index in [1.165, 1.54) is 0 Å². The quantitative estimate of drug-likeness (QED) is 0.511. The maximum Gasteiger partial charge on any atom is 0.212 e. The number of hydrogen-bond acceptors (Lipinski definition) is 3. The molecule has 6 heteroatoms. The molecule has 2 aliphatic carbocycles. The van der Waals surface area contributed by atoms with Gasteiger partial charge in [-0.3, -0.25) is 5.41 Å². The van der Waals surface area contributed by atoms with Crippen LogP contribution < -0.4 is 10.5 Å². The molecule has 0 heterocycles. The van der Waals surface area contributed by atoms with Crippen molar-refractivity contribution in [2.45, 2.75) is 57.4 Å². The van der Waals surface area contributed by atoms with Crippen molar-refractivity contribution in [1.82, 2.24) is 4.72 Å². The summed E-state index contributed by atoms with van der Waals surface area (Å²) < 4.78 is 27.0. The van der Waals surface area contributed by atoms with E-state index in [1.807, 2.05) is 0 Å². The lowest BCUT2D eigenvalue weighted by molar-refractivity contribution is 0.266. The largest absolute Gasteiger partial charge is 0.386 e. The molecule has 0 atom stereocenters. The molecule has 2 saturated carbocycles. The third-order valence-corrected chi connectivity index (χ3v) is 6.17. The van der Waals surface area contributed by atoms with Gasteiger partial charge in [0.1, 0.15) is 5.84 Å². The topological polar surface area (TPSA) is 96.0 Å². The highest BCUT2D eigenvalue weighted by molar-refractivity contribution is 7.89. The predicted molar refractivity (Wildman–Crippen MR) is 76.5 cm³/mol. The summed E-state index contributed by atoms with van der Waals surface area (Å²) in [7, 11) is -3.32. The normalized spacial score (nSPS) is 32.2. The molecule has 2 fully saturated rings. The highest BCUT2D eigenvalue weighted by atomic mass is 32.2. The average Bonchev–Trinajstić information content (AvgIpc) is 3.12. The van der Waals surface area contributed by atoms with E-state index in [0.29, 0.717) is 24.7 Å². The first-order valence-electron chi connectivity index (χ1n) is 7.23. The van der Waals surface area contributed by atoms with Gasteiger partial charge in [-0.1, -0.05) is 13.3 Å². The van der Waals surface area contributed by atoms with Gasteiger partial charge in [0.05, 0.1) is 11.3 Å². The van der Waals surface area contributed by atoms with E-state index in [9.17, 15) is 8.42 Å². The molecule has 0 amide bonds. The summed E-state index contributed by atoms with van der Waals surface area (Å²) in [4.78, 5) is 0. The van der Waals surface area contributed by atoms with Crippen molar-refractivity contribution < 1.29 is 8.42 Å². The van der Waals surface area contributed by atoms with E-state index in [1.54, 1.807) is 0 Å². The zero-order valence-corrected chi connectivity index (χ0v) is 12.4. The average molecular weight is 287 g/mol. The van der Waals surface area contributed by atoms with Crippen molar-refractivity contribution in [3.05, 3.63) is 0 Å². The van der Waals surface area contributed by atoms with Crippen molar-refractivity contribution in [2.24, 2.45) is 17.6 Å². The van der Waals surface area contributed by atoms with Crippen LogP contribution in [0.15, 0.2) is 0 Å². The Morgan fingerprint density at radius 2 is 1.84 bits per heavy atom. The summed E-state index contributed by atoms with van der Waals surface area (Å²) in [6.07, 6.45) is 6.33. The summed E-state index contributed by atoms with van der Waals surface area (Å²) in [6.45, 7) is 2.16. The van der Waals surface area contributed by atoms with Gasteiger partial charge in [0.2, 0.25) is 10.0 Å². The predicted octanol–water partition coefficient (Wildman–Crippen LogP) is 1.59. The lowest BCUT2D eigenvalue weighted by atomic mass is 9.75. The molecule has 0 aliphatic heterocycles. The van der Waals surface area contributed by atoms with Crippen LogP contribution in [0.5, 0.6) is 0 Å². The molecular formula is C13H25N3O2S. The second kappa shape index (κ2) is 5.40. The summed E-state index contributed by atoms with van der Waals surface area (Å²) in [5.74, 6) is 1.12. The van der Waals surface area contributed by atoms with E-state index in [-0.39, 0.29) is 11.6 Å². The maximum atomic E-state index is 12.1. The lowest BCUT2D eigenvalue weighted by Gasteiger charge is -2.39. The summed E-state index contributed by atoms with van der Waals surface area (Å²) in [5.41, 5.74) is 4.88. The molecule has 0 unspecified atom stereocenters. The van der Waals surface area contributed by atoms with Gasteiger partial charge < -0.3 is 5.73 Å². The van der Waals surface area contributed by atoms with Crippen molar-refractivity contribution in [1.29, 1.82) is 5.41 Å². The number of amidine groups is 1. The van der Waals surface area contributed by atoms with E-state index in [2.05, 4.69) is 11.6 Å². The highest BCUT2D eigenvalue weighted by Crippen LogP contribution is 2.35. The number of nitrogens with one attached hydrogen (secondary N) is 2. The van der Waals surface area contributed by atoms with Crippen LogP contribution in [0.4, 0.5) is 0 Å². The van der Waals surface area contributed by atoms with Gasteiger partial charge in [-0.05, 0) is 50.4 Å². The van der Waals surface area contributed by atoms with E-state index in [4.69, 9.17) is 11.1 Å². The zero-order valence-electron chi connectivity index (χ0n) is 11.6. The van der Waals surface area contributed by atoms with Gasteiger partial charge in [-0.2, -0.15) is 0 Å². The van der Waals surface area contributed by atoms with Gasteiger partial charge in [0.15, 0.2) is 0 Å². The zero-order chi connectivity index (χ0) is 14.1. The van der Waals surface area contributed by atoms with E-state index in [0.717, 1.165) is 32.1 Å². The Labute approximate surface area is 115 Å². The molecule has 2 aliphatic rings. The SMILES string of the molecule is CCC1CCC(NS(=O)(=O)CC2CC2)(C(=N)N)CC1. The first-order valence-corrected chi connectivity index (χ1v) is 8.88. The van der Waals surface area contributed by atoms with Gasteiger partial charge in [0.25, 0.3) is 0 Å². The molecule has 0 bridgehead atoms. The van der Waals surface area contributed by atoms with Crippen LogP contribution >= 0.6 is 0 Å². The molecule has 110 valence electrons. The summed E-state index contributed by atoms with van der Waals surface area (Å²) in [5, 5.41) is 7.79. The Kier molecular flexibility index (Phi) is 4.20. The second-order valence-corrected chi connectivity index (χ2v) is 7.94. The van der Waals surface area contributed by atoms with Gasteiger partial charge in [-0.25, -0.2) is 13.1 Å². The van der Waals surface area contributed by atoms with Crippen molar-refractivity contribution in [3.63, 3.8) is 0 Å². The van der Waals surface area contributed by atoms with Gasteiger partial charge >= 0.3 is 0 Å². The summed E-state index contributed by atoms with van der Waals surface area (Å²) >= 11 is 0. The minimum absolute atomic E-state index is 0.0265. The minimum atomic E-state index is -3.32. The monoisotopic (exact) mass is 287 g/mol. The molecule has 0 saturated heterocycles. The van der Waals surface area contributed by atoms with Crippen molar-refractivity contribution in [3.8, 4) is 0 Å². The molecule has 0 aromatic rings. The van der Waals surface area contributed by atoms with Crippen LogP contribution in [0.2, 0.25) is 0 Å². The first-order chi connectivity index (χ1) is 8.87. The molecule has 2 rings (SSSR count). The van der Waals surface area contributed by atoms with Crippen LogP contribution in [0, 0.1) is 17.2 Å². The Balaban J connectivity index is 2.05.